The second kappa shape index (κ2) is 6.25. The lowest BCUT2D eigenvalue weighted by molar-refractivity contribution is -0.118. The zero-order chi connectivity index (χ0) is 14.5. The Morgan fingerprint density at radius 2 is 1.65 bits per heavy atom. The largest absolute Gasteiger partial charge is 0.388 e. The molecule has 0 aliphatic heterocycles. The SMILES string of the molecule is O=C(CC(O)c1ccccc1)Nc1c(F)cccc1F. The van der Waals surface area contributed by atoms with Crippen LogP contribution in [-0.4, -0.2) is 11.0 Å². The maximum absolute atomic E-state index is 13.4. The van der Waals surface area contributed by atoms with Crippen LogP contribution in [0.4, 0.5) is 14.5 Å². The van der Waals surface area contributed by atoms with Crippen LogP contribution in [0.5, 0.6) is 0 Å². The van der Waals surface area contributed by atoms with Crippen molar-refractivity contribution < 1.29 is 18.7 Å². The summed E-state index contributed by atoms with van der Waals surface area (Å²) in [6, 6.07) is 11.9. The van der Waals surface area contributed by atoms with Gasteiger partial charge < -0.3 is 10.4 Å². The van der Waals surface area contributed by atoms with Crippen molar-refractivity contribution in [1.29, 1.82) is 0 Å². The van der Waals surface area contributed by atoms with Crippen LogP contribution in [0.15, 0.2) is 48.5 Å². The molecule has 0 aliphatic carbocycles. The Morgan fingerprint density at radius 1 is 1.05 bits per heavy atom. The van der Waals surface area contributed by atoms with E-state index < -0.39 is 29.3 Å². The first-order valence-corrected chi connectivity index (χ1v) is 6.05. The molecular formula is C15H13F2NO2. The lowest BCUT2D eigenvalue weighted by Gasteiger charge is -2.12. The summed E-state index contributed by atoms with van der Waals surface area (Å²) in [5, 5.41) is 12.0. The number of para-hydroxylation sites is 1. The third kappa shape index (κ3) is 3.39. The van der Waals surface area contributed by atoms with Crippen molar-refractivity contribution in [2.75, 3.05) is 5.32 Å². The Balaban J connectivity index is 2.03. The molecule has 0 heterocycles. The molecule has 0 fully saturated rings. The van der Waals surface area contributed by atoms with Crippen LogP contribution < -0.4 is 5.32 Å². The van der Waals surface area contributed by atoms with Gasteiger partial charge in [0.25, 0.3) is 0 Å². The van der Waals surface area contributed by atoms with Crippen molar-refractivity contribution in [3.05, 3.63) is 65.7 Å². The van der Waals surface area contributed by atoms with Crippen LogP contribution in [0.2, 0.25) is 0 Å². The van der Waals surface area contributed by atoms with E-state index >= 15 is 0 Å². The monoisotopic (exact) mass is 277 g/mol. The summed E-state index contributed by atoms with van der Waals surface area (Å²) in [6.45, 7) is 0. The van der Waals surface area contributed by atoms with Gasteiger partial charge in [-0.3, -0.25) is 4.79 Å². The van der Waals surface area contributed by atoms with E-state index in [1.54, 1.807) is 30.3 Å². The summed E-state index contributed by atoms with van der Waals surface area (Å²) >= 11 is 0. The Labute approximate surface area is 114 Å². The van der Waals surface area contributed by atoms with Gasteiger partial charge in [0.05, 0.1) is 12.5 Å². The van der Waals surface area contributed by atoms with E-state index in [0.29, 0.717) is 5.56 Å². The van der Waals surface area contributed by atoms with Gasteiger partial charge in [-0.2, -0.15) is 0 Å². The van der Waals surface area contributed by atoms with Crippen LogP contribution in [-0.2, 0) is 4.79 Å². The molecule has 0 bridgehead atoms. The zero-order valence-electron chi connectivity index (χ0n) is 10.5. The number of carbonyl (C=O) groups excluding carboxylic acids is 1. The van der Waals surface area contributed by atoms with Crippen molar-refractivity contribution in [3.8, 4) is 0 Å². The van der Waals surface area contributed by atoms with Gasteiger partial charge in [-0.05, 0) is 17.7 Å². The summed E-state index contributed by atoms with van der Waals surface area (Å²) in [4.78, 5) is 11.7. The molecule has 20 heavy (non-hydrogen) atoms. The number of nitrogens with one attached hydrogen (secondary N) is 1. The van der Waals surface area contributed by atoms with Gasteiger partial charge in [-0.25, -0.2) is 8.78 Å². The molecule has 1 unspecified atom stereocenters. The zero-order valence-corrected chi connectivity index (χ0v) is 10.5. The minimum Gasteiger partial charge on any atom is -0.388 e. The van der Waals surface area contributed by atoms with Crippen LogP contribution in [0, 0.1) is 11.6 Å². The van der Waals surface area contributed by atoms with E-state index in [2.05, 4.69) is 5.32 Å². The van der Waals surface area contributed by atoms with Gasteiger partial charge in [-0.15, -0.1) is 0 Å². The fourth-order valence-corrected chi connectivity index (χ4v) is 1.78. The predicted octanol–water partition coefficient (Wildman–Crippen LogP) is 3.03. The first-order chi connectivity index (χ1) is 9.58. The molecule has 0 radical (unpaired) electrons. The smallest absolute Gasteiger partial charge is 0.227 e. The average molecular weight is 277 g/mol. The normalized spacial score (nSPS) is 11.9. The van der Waals surface area contributed by atoms with Gasteiger partial charge in [0.2, 0.25) is 5.91 Å². The molecular weight excluding hydrogens is 264 g/mol. The molecule has 3 nitrogen and oxygen atoms in total. The third-order valence-corrected chi connectivity index (χ3v) is 2.79. The number of amides is 1. The number of aliphatic hydroxyl groups is 1. The van der Waals surface area contributed by atoms with Crippen molar-refractivity contribution in [2.24, 2.45) is 0 Å². The number of anilines is 1. The maximum atomic E-state index is 13.4. The number of hydrogen-bond acceptors (Lipinski definition) is 2. The van der Waals surface area contributed by atoms with E-state index in [-0.39, 0.29) is 6.42 Å². The van der Waals surface area contributed by atoms with Crippen molar-refractivity contribution in [2.45, 2.75) is 12.5 Å². The molecule has 5 heteroatoms. The van der Waals surface area contributed by atoms with E-state index in [1.807, 2.05) is 0 Å². The first kappa shape index (κ1) is 14.1. The minimum absolute atomic E-state index is 0.280. The quantitative estimate of drug-likeness (QED) is 0.902. The molecule has 2 aromatic rings. The fourth-order valence-electron chi connectivity index (χ4n) is 1.78. The lowest BCUT2D eigenvalue weighted by Crippen LogP contribution is -2.17. The first-order valence-electron chi connectivity index (χ1n) is 6.05. The molecule has 2 N–H and O–H groups in total. The molecule has 0 saturated carbocycles. The van der Waals surface area contributed by atoms with E-state index in [9.17, 15) is 18.7 Å². The summed E-state index contributed by atoms with van der Waals surface area (Å²) in [5.74, 6) is -2.37. The Kier molecular flexibility index (Phi) is 4.42. The Morgan fingerprint density at radius 3 is 2.25 bits per heavy atom. The maximum Gasteiger partial charge on any atom is 0.227 e. The van der Waals surface area contributed by atoms with E-state index in [1.165, 1.54) is 6.07 Å². The Hall–Kier alpha value is -2.27. The number of halogens is 2. The highest BCUT2D eigenvalue weighted by atomic mass is 19.1. The van der Waals surface area contributed by atoms with Gasteiger partial charge in [0, 0.05) is 0 Å². The second-order valence-electron chi connectivity index (χ2n) is 4.28. The van der Waals surface area contributed by atoms with Crippen molar-refractivity contribution >= 4 is 11.6 Å². The summed E-state index contributed by atoms with van der Waals surface area (Å²) < 4.78 is 26.7. The van der Waals surface area contributed by atoms with Crippen LogP contribution in [0.3, 0.4) is 0 Å². The second-order valence-corrected chi connectivity index (χ2v) is 4.28. The minimum atomic E-state index is -1.02. The van der Waals surface area contributed by atoms with E-state index in [0.717, 1.165) is 12.1 Å². The summed E-state index contributed by atoms with van der Waals surface area (Å²) in [7, 11) is 0. The molecule has 0 saturated heterocycles. The highest BCUT2D eigenvalue weighted by Crippen LogP contribution is 2.20. The number of rotatable bonds is 4. The molecule has 1 amide bonds. The van der Waals surface area contributed by atoms with Crippen LogP contribution >= 0.6 is 0 Å². The predicted molar refractivity (Wildman–Crippen MR) is 71.0 cm³/mol. The Bertz CT molecular complexity index is 582. The molecule has 0 spiro atoms. The molecule has 1 atom stereocenters. The van der Waals surface area contributed by atoms with Crippen molar-refractivity contribution in [3.63, 3.8) is 0 Å². The fraction of sp³-hybridized carbons (Fsp3) is 0.133. The van der Waals surface area contributed by atoms with Gasteiger partial charge >= 0.3 is 0 Å². The van der Waals surface area contributed by atoms with Gasteiger partial charge in [0.15, 0.2) is 0 Å². The molecule has 2 rings (SSSR count). The molecule has 0 aliphatic rings. The molecule has 0 aromatic heterocycles. The molecule has 2 aromatic carbocycles. The summed E-state index contributed by atoms with van der Waals surface area (Å²) in [5.41, 5.74) is 0.0643. The van der Waals surface area contributed by atoms with Crippen LogP contribution in [0.25, 0.3) is 0 Å². The van der Waals surface area contributed by atoms with E-state index in [4.69, 9.17) is 0 Å². The van der Waals surface area contributed by atoms with Gasteiger partial charge in [0.1, 0.15) is 17.3 Å². The third-order valence-electron chi connectivity index (χ3n) is 2.79. The highest BCUT2D eigenvalue weighted by Gasteiger charge is 2.16. The number of hydrogen-bond donors (Lipinski definition) is 2. The number of aliphatic hydroxyl groups excluding tert-OH is 1. The average Bonchev–Trinajstić information content (AvgIpc) is 2.44. The van der Waals surface area contributed by atoms with Gasteiger partial charge in [-0.1, -0.05) is 36.4 Å². The highest BCUT2D eigenvalue weighted by molar-refractivity contribution is 5.91. The number of carbonyl (C=O) groups is 1. The van der Waals surface area contributed by atoms with Crippen LogP contribution in [0.1, 0.15) is 18.1 Å². The number of benzene rings is 2. The lowest BCUT2D eigenvalue weighted by atomic mass is 10.1. The molecule has 104 valence electrons. The standard InChI is InChI=1S/C15H13F2NO2/c16-11-7-4-8-12(17)15(11)18-14(20)9-13(19)10-5-2-1-3-6-10/h1-8,13,19H,9H2,(H,18,20). The topological polar surface area (TPSA) is 49.3 Å². The summed E-state index contributed by atoms with van der Waals surface area (Å²) in [6.07, 6.45) is -1.30. The van der Waals surface area contributed by atoms with Crippen molar-refractivity contribution in [1.82, 2.24) is 0 Å².